The van der Waals surface area contributed by atoms with Crippen LogP contribution in [0.15, 0.2) is 77.4 Å². The molecule has 0 spiro atoms. The Bertz CT molecular complexity index is 1460. The summed E-state index contributed by atoms with van der Waals surface area (Å²) in [6.45, 7) is 2.64. The fraction of sp³-hybridized carbons (Fsp3) is 0.286. The van der Waals surface area contributed by atoms with Gasteiger partial charge in [-0.3, -0.25) is 0 Å². The van der Waals surface area contributed by atoms with Crippen LogP contribution in [0.3, 0.4) is 0 Å². The number of ether oxygens (including phenoxy) is 3. The van der Waals surface area contributed by atoms with Gasteiger partial charge in [0.2, 0.25) is 0 Å². The fourth-order valence-corrected chi connectivity index (χ4v) is 6.41. The van der Waals surface area contributed by atoms with Crippen molar-refractivity contribution >= 4 is 45.9 Å². The Hall–Kier alpha value is -3.34. The molecule has 1 aliphatic heterocycles. The van der Waals surface area contributed by atoms with Crippen LogP contribution in [-0.4, -0.2) is 52.6 Å². The SMILES string of the molecule is CSc1ncnc2c([C@]3(C)O[C@H](COC(=O)c4ccccc4)[C@@H](OC(=O)c4ccccc4)[C@@]3(C)F)scc12. The molecule has 1 fully saturated rings. The highest BCUT2D eigenvalue weighted by Crippen LogP contribution is 2.54. The Morgan fingerprint density at radius 3 is 2.29 bits per heavy atom. The predicted octanol–water partition coefficient (Wildman–Crippen LogP) is 5.84. The van der Waals surface area contributed by atoms with Gasteiger partial charge in [0.25, 0.3) is 0 Å². The monoisotopic (exact) mass is 552 g/mol. The van der Waals surface area contributed by atoms with Crippen molar-refractivity contribution in [1.82, 2.24) is 9.97 Å². The van der Waals surface area contributed by atoms with Gasteiger partial charge in [0, 0.05) is 10.8 Å². The lowest BCUT2D eigenvalue weighted by Crippen LogP contribution is -2.49. The van der Waals surface area contributed by atoms with Crippen molar-refractivity contribution in [3.8, 4) is 0 Å². The van der Waals surface area contributed by atoms with Gasteiger partial charge >= 0.3 is 11.9 Å². The summed E-state index contributed by atoms with van der Waals surface area (Å²) < 4.78 is 34.6. The standard InChI is InChI=1S/C28H25FN2O5S2/c1-27(29)22(35-26(33)18-12-8-5-9-13-18)20(14-34-25(32)17-10-6-4-7-11-17)36-28(27,2)23-21-19(15-38-23)24(37-3)31-16-30-21/h4-13,15-16,20,22H,14H2,1-3H3/t20-,22-,27-,28+/m1/s1. The van der Waals surface area contributed by atoms with E-state index in [1.165, 1.54) is 36.3 Å². The topological polar surface area (TPSA) is 87.6 Å². The van der Waals surface area contributed by atoms with Gasteiger partial charge in [0.1, 0.15) is 29.7 Å². The first-order valence-corrected chi connectivity index (χ1v) is 14.0. The van der Waals surface area contributed by atoms with E-state index in [9.17, 15) is 9.59 Å². The molecule has 4 atom stereocenters. The van der Waals surface area contributed by atoms with E-state index in [1.807, 2.05) is 11.6 Å². The van der Waals surface area contributed by atoms with Crippen LogP contribution in [0.5, 0.6) is 0 Å². The number of carbonyl (C=O) groups excluding carboxylic acids is 2. The number of fused-ring (bicyclic) bond motifs is 1. The quantitative estimate of drug-likeness (QED) is 0.161. The molecule has 1 saturated heterocycles. The molecule has 196 valence electrons. The maximum atomic E-state index is 17.0. The van der Waals surface area contributed by atoms with Crippen molar-refractivity contribution in [3.63, 3.8) is 0 Å². The predicted molar refractivity (Wildman–Crippen MR) is 143 cm³/mol. The smallest absolute Gasteiger partial charge is 0.338 e. The number of nitrogens with zero attached hydrogens (tertiary/aromatic N) is 2. The number of carbonyl (C=O) groups is 2. The number of esters is 2. The molecule has 1 aliphatic rings. The van der Waals surface area contributed by atoms with E-state index < -0.39 is 35.4 Å². The zero-order valence-electron chi connectivity index (χ0n) is 20.9. The summed E-state index contributed by atoms with van der Waals surface area (Å²) in [4.78, 5) is 34.9. The first-order chi connectivity index (χ1) is 18.3. The van der Waals surface area contributed by atoms with E-state index in [1.54, 1.807) is 67.6 Å². The highest BCUT2D eigenvalue weighted by Gasteiger charge is 2.66. The molecule has 0 N–H and O–H groups in total. The highest BCUT2D eigenvalue weighted by atomic mass is 32.2. The molecular formula is C28H25FN2O5S2. The number of aromatic nitrogens is 2. The zero-order valence-corrected chi connectivity index (χ0v) is 22.6. The number of alkyl halides is 1. The number of hydrogen-bond acceptors (Lipinski definition) is 9. The minimum Gasteiger partial charge on any atom is -0.459 e. The molecule has 0 radical (unpaired) electrons. The van der Waals surface area contributed by atoms with Gasteiger partial charge in [-0.05, 0) is 44.4 Å². The van der Waals surface area contributed by atoms with Gasteiger partial charge in [-0.25, -0.2) is 23.9 Å². The summed E-state index contributed by atoms with van der Waals surface area (Å²) in [6.07, 6.45) is 0.893. The van der Waals surface area contributed by atoms with Crippen LogP contribution in [0, 0.1) is 0 Å². The van der Waals surface area contributed by atoms with Crippen LogP contribution in [0.2, 0.25) is 0 Å². The molecule has 0 bridgehead atoms. The second-order valence-corrected chi connectivity index (χ2v) is 10.8. The van der Waals surface area contributed by atoms with E-state index in [-0.39, 0.29) is 12.2 Å². The average Bonchev–Trinajstić information content (AvgIpc) is 3.46. The highest BCUT2D eigenvalue weighted by molar-refractivity contribution is 7.98. The number of rotatable bonds is 7. The molecule has 5 rings (SSSR count). The normalized spacial score (nSPS) is 24.8. The maximum Gasteiger partial charge on any atom is 0.338 e. The van der Waals surface area contributed by atoms with Gasteiger partial charge in [-0.2, -0.15) is 0 Å². The molecule has 3 heterocycles. The largest absolute Gasteiger partial charge is 0.459 e. The summed E-state index contributed by atoms with van der Waals surface area (Å²) in [6, 6.07) is 16.8. The van der Waals surface area contributed by atoms with Gasteiger partial charge in [-0.1, -0.05) is 36.4 Å². The van der Waals surface area contributed by atoms with Crippen molar-refractivity contribution < 1.29 is 28.2 Å². The number of hydrogen-bond donors (Lipinski definition) is 0. The molecule has 0 unspecified atom stereocenters. The Kier molecular flexibility index (Phi) is 7.21. The van der Waals surface area contributed by atoms with E-state index in [0.717, 1.165) is 10.4 Å². The lowest BCUT2D eigenvalue weighted by Gasteiger charge is -2.34. The molecule has 0 aliphatic carbocycles. The maximum absolute atomic E-state index is 17.0. The molecule has 38 heavy (non-hydrogen) atoms. The van der Waals surface area contributed by atoms with Crippen molar-refractivity contribution in [3.05, 3.63) is 88.4 Å². The minimum atomic E-state index is -2.20. The molecule has 4 aromatic rings. The molecule has 10 heteroatoms. The Morgan fingerprint density at radius 2 is 1.66 bits per heavy atom. The van der Waals surface area contributed by atoms with Crippen molar-refractivity contribution in [2.24, 2.45) is 0 Å². The third-order valence-electron chi connectivity index (χ3n) is 6.81. The Morgan fingerprint density at radius 1 is 1.03 bits per heavy atom. The summed E-state index contributed by atoms with van der Waals surface area (Å²) in [7, 11) is 0. The van der Waals surface area contributed by atoms with E-state index >= 15 is 4.39 Å². The van der Waals surface area contributed by atoms with Crippen LogP contribution in [0.1, 0.15) is 39.4 Å². The number of benzene rings is 2. The molecule has 0 saturated carbocycles. The molecule has 2 aromatic heterocycles. The number of halogens is 1. The minimum absolute atomic E-state index is 0.274. The number of thiophene rings is 1. The first-order valence-electron chi connectivity index (χ1n) is 11.9. The van der Waals surface area contributed by atoms with Gasteiger partial charge in [-0.15, -0.1) is 23.1 Å². The van der Waals surface area contributed by atoms with Crippen molar-refractivity contribution in [2.75, 3.05) is 12.9 Å². The van der Waals surface area contributed by atoms with Crippen LogP contribution in [0.25, 0.3) is 10.9 Å². The Balaban J connectivity index is 1.50. The third kappa shape index (κ3) is 4.57. The van der Waals surface area contributed by atoms with Crippen LogP contribution < -0.4 is 0 Å². The summed E-state index contributed by atoms with van der Waals surface area (Å²) >= 11 is 2.77. The second-order valence-electron chi connectivity index (χ2n) is 9.13. The lowest BCUT2D eigenvalue weighted by molar-refractivity contribution is -0.0940. The summed E-state index contributed by atoms with van der Waals surface area (Å²) in [5.74, 6) is -1.29. The first kappa shape index (κ1) is 26.3. The average molecular weight is 553 g/mol. The summed E-state index contributed by atoms with van der Waals surface area (Å²) in [5, 5.41) is 3.42. The second kappa shape index (κ2) is 10.4. The summed E-state index contributed by atoms with van der Waals surface area (Å²) in [5.41, 5.74) is -2.58. The van der Waals surface area contributed by atoms with Gasteiger partial charge in [0.15, 0.2) is 11.8 Å². The van der Waals surface area contributed by atoms with E-state index in [0.29, 0.717) is 16.0 Å². The van der Waals surface area contributed by atoms with Gasteiger partial charge in [0.05, 0.1) is 21.5 Å². The molecule has 7 nitrogen and oxygen atoms in total. The third-order valence-corrected chi connectivity index (χ3v) is 8.69. The number of thioether (sulfide) groups is 1. The van der Waals surface area contributed by atoms with Gasteiger partial charge < -0.3 is 14.2 Å². The van der Waals surface area contributed by atoms with E-state index in [2.05, 4.69) is 9.97 Å². The Labute approximate surface area is 227 Å². The van der Waals surface area contributed by atoms with Crippen LogP contribution in [0.4, 0.5) is 4.39 Å². The molecule has 2 aromatic carbocycles. The van der Waals surface area contributed by atoms with Crippen LogP contribution in [-0.2, 0) is 19.8 Å². The zero-order chi connectivity index (χ0) is 26.9. The molecule has 0 amide bonds. The van der Waals surface area contributed by atoms with Crippen molar-refractivity contribution in [2.45, 2.75) is 42.4 Å². The van der Waals surface area contributed by atoms with E-state index in [4.69, 9.17) is 14.2 Å². The van der Waals surface area contributed by atoms with Crippen LogP contribution >= 0.6 is 23.1 Å². The molecular weight excluding hydrogens is 527 g/mol. The fourth-order valence-electron chi connectivity index (χ4n) is 4.60. The lowest BCUT2D eigenvalue weighted by atomic mass is 9.83. The van der Waals surface area contributed by atoms with Crippen molar-refractivity contribution in [1.29, 1.82) is 0 Å².